The van der Waals surface area contributed by atoms with Crippen LogP contribution in [0, 0.1) is 6.92 Å². The summed E-state index contributed by atoms with van der Waals surface area (Å²) < 4.78 is 5.75. The van der Waals surface area contributed by atoms with Crippen molar-refractivity contribution in [3.8, 4) is 0 Å². The molecule has 96 valence electrons. The van der Waals surface area contributed by atoms with Gasteiger partial charge in [-0.05, 0) is 24.6 Å². The third-order valence-corrected chi connectivity index (χ3v) is 3.25. The molecule has 3 nitrogen and oxygen atoms in total. The van der Waals surface area contributed by atoms with Crippen molar-refractivity contribution in [2.45, 2.75) is 20.0 Å². The van der Waals surface area contributed by atoms with E-state index in [1.165, 1.54) is 16.5 Å². The number of nitrogens with zero attached hydrogens (tertiary/aromatic N) is 1. The molecule has 0 fully saturated rings. The van der Waals surface area contributed by atoms with Crippen LogP contribution in [0.2, 0.25) is 0 Å². The van der Waals surface area contributed by atoms with E-state index in [1.54, 1.807) is 6.20 Å². The Morgan fingerprint density at radius 2 is 2.00 bits per heavy atom. The van der Waals surface area contributed by atoms with Gasteiger partial charge in [-0.3, -0.25) is 4.98 Å². The molecule has 0 saturated carbocycles. The molecular weight excluding hydrogens is 236 g/mol. The highest BCUT2D eigenvalue weighted by Crippen LogP contribution is 2.24. The van der Waals surface area contributed by atoms with Gasteiger partial charge in [-0.1, -0.05) is 24.3 Å². The van der Waals surface area contributed by atoms with E-state index in [1.807, 2.05) is 37.4 Å². The smallest absolute Gasteiger partial charge is 0.134 e. The number of fused-ring (bicyclic) bond motifs is 1. The fourth-order valence-corrected chi connectivity index (χ4v) is 2.28. The Morgan fingerprint density at radius 1 is 1.11 bits per heavy atom. The second kappa shape index (κ2) is 5.24. The Labute approximate surface area is 112 Å². The van der Waals surface area contributed by atoms with Crippen LogP contribution in [-0.2, 0) is 13.1 Å². The van der Waals surface area contributed by atoms with Gasteiger partial charge in [0.25, 0.3) is 0 Å². The Bertz CT molecular complexity index is 674. The minimum absolute atomic E-state index is 0.803. The van der Waals surface area contributed by atoms with Crippen molar-refractivity contribution in [3.05, 3.63) is 65.7 Å². The van der Waals surface area contributed by atoms with E-state index in [0.717, 1.165) is 24.4 Å². The van der Waals surface area contributed by atoms with Gasteiger partial charge in [0.05, 0.1) is 0 Å². The maximum atomic E-state index is 5.75. The van der Waals surface area contributed by atoms with E-state index in [0.29, 0.717) is 0 Å². The zero-order chi connectivity index (χ0) is 13.1. The van der Waals surface area contributed by atoms with Crippen LogP contribution in [0.25, 0.3) is 11.0 Å². The molecule has 2 aromatic heterocycles. The zero-order valence-electron chi connectivity index (χ0n) is 10.9. The lowest BCUT2D eigenvalue weighted by Crippen LogP contribution is -2.13. The summed E-state index contributed by atoms with van der Waals surface area (Å²) in [4.78, 5) is 4.11. The molecule has 0 spiro atoms. The third kappa shape index (κ3) is 2.51. The lowest BCUT2D eigenvalue weighted by atomic mass is 10.1. The number of para-hydroxylation sites is 1. The van der Waals surface area contributed by atoms with Crippen molar-refractivity contribution in [2.75, 3.05) is 0 Å². The van der Waals surface area contributed by atoms with E-state index >= 15 is 0 Å². The quantitative estimate of drug-likeness (QED) is 0.773. The molecular formula is C16H16N2O. The van der Waals surface area contributed by atoms with Crippen molar-refractivity contribution in [1.82, 2.24) is 10.3 Å². The average molecular weight is 252 g/mol. The Morgan fingerprint density at radius 3 is 2.84 bits per heavy atom. The van der Waals surface area contributed by atoms with Gasteiger partial charge >= 0.3 is 0 Å². The number of aryl methyl sites for hydroxylation is 1. The van der Waals surface area contributed by atoms with E-state index < -0.39 is 0 Å². The molecule has 1 N–H and O–H groups in total. The first kappa shape index (κ1) is 11.9. The lowest BCUT2D eigenvalue weighted by molar-refractivity contribution is 0.565. The first-order valence-electron chi connectivity index (χ1n) is 6.41. The van der Waals surface area contributed by atoms with Gasteiger partial charge in [-0.15, -0.1) is 0 Å². The van der Waals surface area contributed by atoms with Gasteiger partial charge in [0.2, 0.25) is 0 Å². The summed E-state index contributed by atoms with van der Waals surface area (Å²) in [6.45, 7) is 3.63. The summed E-state index contributed by atoms with van der Waals surface area (Å²) in [5, 5.41) is 4.63. The number of aromatic nitrogens is 1. The van der Waals surface area contributed by atoms with Crippen LogP contribution in [0.4, 0.5) is 0 Å². The Hall–Kier alpha value is -2.13. The van der Waals surface area contributed by atoms with Crippen LogP contribution >= 0.6 is 0 Å². The number of pyridine rings is 1. The number of benzene rings is 1. The monoisotopic (exact) mass is 252 g/mol. The maximum Gasteiger partial charge on any atom is 0.134 e. The summed E-state index contributed by atoms with van der Waals surface area (Å²) in [6, 6.07) is 12.2. The standard InChI is InChI=1S/C16H16N2O/c1-12-15(14-6-2-3-7-16(14)19-12)11-18-10-13-5-4-8-17-9-13/h2-9,18H,10-11H2,1H3. The lowest BCUT2D eigenvalue weighted by Gasteiger charge is -2.04. The minimum Gasteiger partial charge on any atom is -0.461 e. The molecule has 0 radical (unpaired) electrons. The molecule has 3 rings (SSSR count). The number of nitrogens with one attached hydrogen (secondary N) is 1. The highest BCUT2D eigenvalue weighted by atomic mass is 16.3. The number of hydrogen-bond donors (Lipinski definition) is 1. The van der Waals surface area contributed by atoms with Gasteiger partial charge in [-0.25, -0.2) is 0 Å². The van der Waals surface area contributed by atoms with Crippen molar-refractivity contribution >= 4 is 11.0 Å². The first-order valence-corrected chi connectivity index (χ1v) is 6.41. The van der Waals surface area contributed by atoms with E-state index in [2.05, 4.69) is 22.4 Å². The summed E-state index contributed by atoms with van der Waals surface area (Å²) in [7, 11) is 0. The van der Waals surface area contributed by atoms with Crippen molar-refractivity contribution in [1.29, 1.82) is 0 Å². The topological polar surface area (TPSA) is 38.1 Å². The molecule has 0 saturated heterocycles. The molecule has 0 aliphatic rings. The van der Waals surface area contributed by atoms with Crippen LogP contribution < -0.4 is 5.32 Å². The molecule has 1 aromatic carbocycles. The predicted molar refractivity (Wildman–Crippen MR) is 75.7 cm³/mol. The fraction of sp³-hybridized carbons (Fsp3) is 0.188. The highest BCUT2D eigenvalue weighted by molar-refractivity contribution is 5.82. The van der Waals surface area contributed by atoms with Crippen molar-refractivity contribution < 1.29 is 4.42 Å². The number of furan rings is 1. The van der Waals surface area contributed by atoms with Gasteiger partial charge in [-0.2, -0.15) is 0 Å². The summed E-state index contributed by atoms with van der Waals surface area (Å²) >= 11 is 0. The molecule has 3 heteroatoms. The maximum absolute atomic E-state index is 5.75. The summed E-state index contributed by atoms with van der Waals surface area (Å²) in [6.07, 6.45) is 3.67. The van der Waals surface area contributed by atoms with Crippen molar-refractivity contribution in [2.24, 2.45) is 0 Å². The van der Waals surface area contributed by atoms with Crippen LogP contribution in [-0.4, -0.2) is 4.98 Å². The molecule has 0 aliphatic carbocycles. The Balaban J connectivity index is 1.73. The molecule has 19 heavy (non-hydrogen) atoms. The van der Waals surface area contributed by atoms with E-state index in [4.69, 9.17) is 4.42 Å². The molecule has 0 amide bonds. The predicted octanol–water partition coefficient (Wildman–Crippen LogP) is 3.43. The SMILES string of the molecule is Cc1oc2ccccc2c1CNCc1cccnc1. The highest BCUT2D eigenvalue weighted by Gasteiger charge is 2.09. The van der Waals surface area contributed by atoms with Gasteiger partial charge in [0.1, 0.15) is 11.3 Å². The molecule has 0 unspecified atom stereocenters. The van der Waals surface area contributed by atoms with Crippen LogP contribution in [0.15, 0.2) is 53.2 Å². The largest absolute Gasteiger partial charge is 0.461 e. The summed E-state index contributed by atoms with van der Waals surface area (Å²) in [5.41, 5.74) is 3.38. The minimum atomic E-state index is 0.803. The average Bonchev–Trinajstić information content (AvgIpc) is 2.76. The van der Waals surface area contributed by atoms with Crippen LogP contribution in [0.1, 0.15) is 16.9 Å². The summed E-state index contributed by atoms with van der Waals surface area (Å²) in [5.74, 6) is 0.986. The Kier molecular flexibility index (Phi) is 3.29. The fourth-order valence-electron chi connectivity index (χ4n) is 2.28. The second-order valence-corrected chi connectivity index (χ2v) is 4.60. The molecule has 2 heterocycles. The van der Waals surface area contributed by atoms with Gasteiger partial charge < -0.3 is 9.73 Å². The number of rotatable bonds is 4. The van der Waals surface area contributed by atoms with Gasteiger partial charge in [0, 0.05) is 36.4 Å². The zero-order valence-corrected chi connectivity index (χ0v) is 10.9. The molecule has 0 bridgehead atoms. The van der Waals surface area contributed by atoms with E-state index in [9.17, 15) is 0 Å². The molecule has 0 atom stereocenters. The first-order chi connectivity index (χ1) is 9.34. The molecule has 3 aromatic rings. The van der Waals surface area contributed by atoms with Gasteiger partial charge in [0.15, 0.2) is 0 Å². The molecule has 0 aliphatic heterocycles. The number of hydrogen-bond acceptors (Lipinski definition) is 3. The normalized spacial score (nSPS) is 11.0. The van der Waals surface area contributed by atoms with Crippen LogP contribution in [0.5, 0.6) is 0 Å². The van der Waals surface area contributed by atoms with Crippen LogP contribution in [0.3, 0.4) is 0 Å². The van der Waals surface area contributed by atoms with E-state index in [-0.39, 0.29) is 0 Å². The van der Waals surface area contributed by atoms with Crippen molar-refractivity contribution in [3.63, 3.8) is 0 Å². The third-order valence-electron chi connectivity index (χ3n) is 3.25. The second-order valence-electron chi connectivity index (χ2n) is 4.60.